The van der Waals surface area contributed by atoms with E-state index in [1.165, 1.54) is 10.4 Å². The monoisotopic (exact) mass is 381 g/mol. The lowest BCUT2D eigenvalue weighted by Gasteiger charge is -2.17. The molecule has 1 aromatic carbocycles. The molecule has 0 fully saturated rings. The molecule has 4 rings (SSSR count). The first-order valence-electron chi connectivity index (χ1n) is 8.75. The van der Waals surface area contributed by atoms with Gasteiger partial charge in [0.2, 0.25) is 0 Å². The van der Waals surface area contributed by atoms with Crippen molar-refractivity contribution in [3.8, 4) is 6.07 Å². The van der Waals surface area contributed by atoms with Gasteiger partial charge < -0.3 is 4.98 Å². The lowest BCUT2D eigenvalue weighted by atomic mass is 9.89. The van der Waals surface area contributed by atoms with E-state index < -0.39 is 0 Å². The van der Waals surface area contributed by atoms with Gasteiger partial charge in [-0.15, -0.1) is 23.1 Å². The first-order valence-corrected chi connectivity index (χ1v) is 10.7. The van der Waals surface area contributed by atoms with Crippen molar-refractivity contribution in [3.63, 3.8) is 0 Å². The molecule has 3 aromatic rings. The number of nitriles is 1. The van der Waals surface area contributed by atoms with Gasteiger partial charge in [0.1, 0.15) is 10.7 Å². The number of thiophene rings is 1. The lowest BCUT2D eigenvalue weighted by Crippen LogP contribution is -2.14. The Kier molecular flexibility index (Phi) is 4.84. The Morgan fingerprint density at radius 3 is 3.08 bits per heavy atom. The molecule has 0 saturated heterocycles. The molecular formula is C20H19N3OS2. The molecule has 0 radical (unpaired) electrons. The maximum absolute atomic E-state index is 12.6. The molecule has 0 unspecified atom stereocenters. The molecule has 1 N–H and O–H groups in total. The zero-order chi connectivity index (χ0) is 18.1. The van der Waals surface area contributed by atoms with Gasteiger partial charge in [-0.3, -0.25) is 4.79 Å². The molecule has 4 nitrogen and oxygen atoms in total. The van der Waals surface area contributed by atoms with Gasteiger partial charge in [-0.25, -0.2) is 4.98 Å². The van der Waals surface area contributed by atoms with Crippen molar-refractivity contribution in [1.82, 2.24) is 9.97 Å². The summed E-state index contributed by atoms with van der Waals surface area (Å²) in [5.41, 5.74) is 2.94. The number of nitrogens with one attached hydrogen (secondary N) is 1. The highest BCUT2D eigenvalue weighted by atomic mass is 32.2. The number of aromatic amines is 1. The summed E-state index contributed by atoms with van der Waals surface area (Å²) in [5.74, 6) is 2.76. The molecule has 0 amide bonds. The maximum Gasteiger partial charge on any atom is 0.259 e. The fourth-order valence-electron chi connectivity index (χ4n) is 3.47. The predicted molar refractivity (Wildman–Crippen MR) is 108 cm³/mol. The molecule has 0 aliphatic heterocycles. The third-order valence-electron chi connectivity index (χ3n) is 4.85. The fourth-order valence-corrected chi connectivity index (χ4v) is 5.78. The number of nitrogens with zero attached hydrogens (tertiary/aromatic N) is 2. The van der Waals surface area contributed by atoms with Gasteiger partial charge in [0.05, 0.1) is 22.8 Å². The minimum absolute atomic E-state index is 0.00456. The number of benzene rings is 1. The summed E-state index contributed by atoms with van der Waals surface area (Å²) in [7, 11) is 0. The highest BCUT2D eigenvalue weighted by Gasteiger charge is 2.22. The van der Waals surface area contributed by atoms with Crippen molar-refractivity contribution < 1.29 is 0 Å². The molecule has 0 saturated carbocycles. The van der Waals surface area contributed by atoms with Crippen molar-refractivity contribution in [2.75, 3.05) is 0 Å². The van der Waals surface area contributed by atoms with Crippen LogP contribution in [0.15, 0.2) is 29.1 Å². The van der Waals surface area contributed by atoms with E-state index in [1.54, 1.807) is 23.1 Å². The number of thioether (sulfide) groups is 1. The lowest BCUT2D eigenvalue weighted by molar-refractivity contribution is 0.509. The van der Waals surface area contributed by atoms with Crippen LogP contribution in [0.25, 0.3) is 10.2 Å². The van der Waals surface area contributed by atoms with Crippen LogP contribution in [0.4, 0.5) is 0 Å². The topological polar surface area (TPSA) is 69.5 Å². The Labute approximate surface area is 160 Å². The average Bonchev–Trinajstić information content (AvgIpc) is 2.99. The molecule has 132 valence electrons. The third-order valence-corrected chi connectivity index (χ3v) is 6.99. The van der Waals surface area contributed by atoms with Crippen LogP contribution in [-0.4, -0.2) is 9.97 Å². The molecule has 0 bridgehead atoms. The molecule has 2 aromatic heterocycles. The largest absolute Gasteiger partial charge is 0.309 e. The second-order valence-corrected chi connectivity index (χ2v) is 8.88. The molecule has 26 heavy (non-hydrogen) atoms. The van der Waals surface area contributed by atoms with Crippen LogP contribution in [-0.2, 0) is 24.3 Å². The van der Waals surface area contributed by atoms with E-state index in [-0.39, 0.29) is 5.56 Å². The molecule has 1 atom stereocenters. The van der Waals surface area contributed by atoms with Gasteiger partial charge in [-0.05, 0) is 42.4 Å². The summed E-state index contributed by atoms with van der Waals surface area (Å²) >= 11 is 3.35. The van der Waals surface area contributed by atoms with Gasteiger partial charge in [0.15, 0.2) is 0 Å². The summed E-state index contributed by atoms with van der Waals surface area (Å²) in [6, 6.07) is 9.85. The minimum Gasteiger partial charge on any atom is -0.309 e. The van der Waals surface area contributed by atoms with Gasteiger partial charge in [-0.1, -0.05) is 25.1 Å². The zero-order valence-electron chi connectivity index (χ0n) is 14.5. The van der Waals surface area contributed by atoms with Crippen molar-refractivity contribution in [2.24, 2.45) is 5.92 Å². The Hall–Kier alpha value is -2.10. The SMILES string of the molecule is C[C@H]1CCc2c(sc3nc(CSCc4ccccc4C#N)[nH]c(=O)c23)C1. The predicted octanol–water partition coefficient (Wildman–Crippen LogP) is 4.41. The summed E-state index contributed by atoms with van der Waals surface area (Å²) in [4.78, 5) is 22.5. The minimum atomic E-state index is -0.00456. The normalized spacial score (nSPS) is 16.4. The van der Waals surface area contributed by atoms with E-state index in [2.05, 4.69) is 18.0 Å². The molecule has 1 aliphatic carbocycles. The Morgan fingerprint density at radius 1 is 1.38 bits per heavy atom. The van der Waals surface area contributed by atoms with E-state index in [0.717, 1.165) is 40.8 Å². The van der Waals surface area contributed by atoms with Crippen LogP contribution in [0, 0.1) is 17.2 Å². The highest BCUT2D eigenvalue weighted by molar-refractivity contribution is 7.97. The van der Waals surface area contributed by atoms with E-state index in [9.17, 15) is 10.1 Å². The Balaban J connectivity index is 1.55. The smallest absolute Gasteiger partial charge is 0.259 e. The standard InChI is InChI=1S/C20H19N3OS2/c1-12-6-7-15-16(8-12)26-20-18(15)19(24)22-17(23-20)11-25-10-14-5-3-2-4-13(14)9-21/h2-5,12H,6-8,10-11H2,1H3,(H,22,23,24)/t12-/m0/s1. The number of aromatic nitrogens is 2. The molecule has 1 aliphatic rings. The van der Waals surface area contributed by atoms with Crippen molar-refractivity contribution >= 4 is 33.3 Å². The van der Waals surface area contributed by atoms with E-state index in [1.807, 2.05) is 24.3 Å². The van der Waals surface area contributed by atoms with Crippen LogP contribution in [0.3, 0.4) is 0 Å². The molecule has 2 heterocycles. The van der Waals surface area contributed by atoms with Crippen molar-refractivity contribution in [1.29, 1.82) is 5.26 Å². The average molecular weight is 382 g/mol. The van der Waals surface area contributed by atoms with Crippen LogP contribution in [0.1, 0.15) is 40.7 Å². The molecular weight excluding hydrogens is 362 g/mol. The van der Waals surface area contributed by atoms with Crippen molar-refractivity contribution in [2.45, 2.75) is 37.7 Å². The Morgan fingerprint density at radius 2 is 2.23 bits per heavy atom. The summed E-state index contributed by atoms with van der Waals surface area (Å²) < 4.78 is 0. The summed E-state index contributed by atoms with van der Waals surface area (Å²) in [6.07, 6.45) is 3.19. The fraction of sp³-hybridized carbons (Fsp3) is 0.350. The molecule has 6 heteroatoms. The van der Waals surface area contributed by atoms with Gasteiger partial charge in [0.25, 0.3) is 5.56 Å². The van der Waals surface area contributed by atoms with Gasteiger partial charge in [-0.2, -0.15) is 5.26 Å². The Bertz CT molecular complexity index is 1060. The zero-order valence-corrected chi connectivity index (χ0v) is 16.2. The number of H-pyrrole nitrogens is 1. The van der Waals surface area contributed by atoms with Gasteiger partial charge in [0, 0.05) is 10.6 Å². The van der Waals surface area contributed by atoms with Crippen LogP contribution >= 0.6 is 23.1 Å². The third kappa shape index (κ3) is 3.29. The van der Waals surface area contributed by atoms with E-state index in [4.69, 9.17) is 4.98 Å². The number of fused-ring (bicyclic) bond motifs is 3. The van der Waals surface area contributed by atoms with Crippen molar-refractivity contribution in [3.05, 3.63) is 62.0 Å². The second-order valence-electron chi connectivity index (χ2n) is 6.81. The van der Waals surface area contributed by atoms with Crippen LogP contribution in [0.2, 0.25) is 0 Å². The number of hydrogen-bond donors (Lipinski definition) is 1. The highest BCUT2D eigenvalue weighted by Crippen LogP contribution is 2.35. The summed E-state index contributed by atoms with van der Waals surface area (Å²) in [5, 5.41) is 9.98. The molecule has 0 spiro atoms. The maximum atomic E-state index is 12.6. The number of rotatable bonds is 4. The van der Waals surface area contributed by atoms with Crippen LogP contribution in [0.5, 0.6) is 0 Å². The van der Waals surface area contributed by atoms with Gasteiger partial charge >= 0.3 is 0 Å². The quantitative estimate of drug-likeness (QED) is 0.726. The first-order chi connectivity index (χ1) is 12.7. The summed E-state index contributed by atoms with van der Waals surface area (Å²) in [6.45, 7) is 2.27. The number of aryl methyl sites for hydroxylation is 1. The number of hydrogen-bond acceptors (Lipinski definition) is 5. The van der Waals surface area contributed by atoms with Crippen LogP contribution < -0.4 is 5.56 Å². The first kappa shape index (κ1) is 17.3. The second kappa shape index (κ2) is 7.26. The van der Waals surface area contributed by atoms with E-state index >= 15 is 0 Å². The van der Waals surface area contributed by atoms with E-state index in [0.29, 0.717) is 23.1 Å².